The minimum absolute atomic E-state index is 0.160. The molecule has 0 atom stereocenters. The largest absolute Gasteiger partial charge is 0.271 e. The summed E-state index contributed by atoms with van der Waals surface area (Å²) in [6, 6.07) is 10.4. The first kappa shape index (κ1) is 17.1. The monoisotopic (exact) mass is 358 g/mol. The molecule has 10 heteroatoms. The van der Waals surface area contributed by atoms with Gasteiger partial charge in [-0.3, -0.25) is 20.4 Å². The SMILES string of the molecule is O=C(Cn1nnc(-c2cccc(F)c2)n1)NNC(=O)c1ccc(F)cc1. The number of halogens is 2. The van der Waals surface area contributed by atoms with Crippen molar-refractivity contribution >= 4 is 11.8 Å². The highest BCUT2D eigenvalue weighted by molar-refractivity contribution is 5.95. The molecule has 3 rings (SSSR count). The number of hydrazine groups is 1. The molecule has 1 heterocycles. The number of nitrogens with zero attached hydrogens (tertiary/aromatic N) is 4. The Morgan fingerprint density at radius 3 is 2.50 bits per heavy atom. The number of tetrazole rings is 1. The molecule has 132 valence electrons. The average Bonchev–Trinajstić information content (AvgIpc) is 3.09. The lowest BCUT2D eigenvalue weighted by Crippen LogP contribution is -2.43. The lowest BCUT2D eigenvalue weighted by molar-refractivity contribution is -0.122. The summed E-state index contributed by atoms with van der Waals surface area (Å²) in [4.78, 5) is 24.6. The van der Waals surface area contributed by atoms with Crippen molar-refractivity contribution < 1.29 is 18.4 Å². The lowest BCUT2D eigenvalue weighted by Gasteiger charge is -2.06. The van der Waals surface area contributed by atoms with Crippen LogP contribution in [0, 0.1) is 11.6 Å². The third-order valence-electron chi connectivity index (χ3n) is 3.24. The van der Waals surface area contributed by atoms with E-state index in [-0.39, 0.29) is 17.9 Å². The van der Waals surface area contributed by atoms with Crippen molar-refractivity contribution in [1.82, 2.24) is 31.1 Å². The van der Waals surface area contributed by atoms with Gasteiger partial charge >= 0.3 is 0 Å². The summed E-state index contributed by atoms with van der Waals surface area (Å²) in [7, 11) is 0. The van der Waals surface area contributed by atoms with E-state index in [4.69, 9.17) is 0 Å². The van der Waals surface area contributed by atoms with Crippen LogP contribution in [0.2, 0.25) is 0 Å². The van der Waals surface area contributed by atoms with Crippen LogP contribution in [0.25, 0.3) is 11.4 Å². The number of hydrogen-bond acceptors (Lipinski definition) is 5. The molecule has 0 saturated heterocycles. The van der Waals surface area contributed by atoms with E-state index in [0.717, 1.165) is 16.9 Å². The molecule has 2 aromatic carbocycles. The van der Waals surface area contributed by atoms with Gasteiger partial charge in [-0.15, -0.1) is 10.2 Å². The van der Waals surface area contributed by atoms with Gasteiger partial charge in [0.15, 0.2) is 0 Å². The minimum Gasteiger partial charge on any atom is -0.271 e. The molecule has 26 heavy (non-hydrogen) atoms. The number of hydrogen-bond donors (Lipinski definition) is 2. The molecule has 0 saturated carbocycles. The highest BCUT2D eigenvalue weighted by atomic mass is 19.1. The quantitative estimate of drug-likeness (QED) is 0.680. The minimum atomic E-state index is -0.608. The highest BCUT2D eigenvalue weighted by Gasteiger charge is 2.11. The third kappa shape index (κ3) is 4.23. The molecule has 0 fully saturated rings. The van der Waals surface area contributed by atoms with Crippen LogP contribution in [0.1, 0.15) is 10.4 Å². The Kier molecular flexibility index (Phi) is 4.92. The summed E-state index contributed by atoms with van der Waals surface area (Å²) in [5, 5.41) is 11.4. The van der Waals surface area contributed by atoms with Gasteiger partial charge in [0, 0.05) is 11.1 Å². The first-order valence-electron chi connectivity index (χ1n) is 7.40. The molecule has 0 radical (unpaired) electrons. The van der Waals surface area contributed by atoms with Crippen LogP contribution in [0.4, 0.5) is 8.78 Å². The van der Waals surface area contributed by atoms with E-state index in [9.17, 15) is 18.4 Å². The smallest absolute Gasteiger partial charge is 0.269 e. The fraction of sp³-hybridized carbons (Fsp3) is 0.0625. The molecule has 0 unspecified atom stereocenters. The normalized spacial score (nSPS) is 10.4. The summed E-state index contributed by atoms with van der Waals surface area (Å²) < 4.78 is 26.0. The predicted molar refractivity (Wildman–Crippen MR) is 85.2 cm³/mol. The Morgan fingerprint density at radius 2 is 1.77 bits per heavy atom. The number of benzene rings is 2. The van der Waals surface area contributed by atoms with Gasteiger partial charge in [0.2, 0.25) is 5.82 Å². The average molecular weight is 358 g/mol. The van der Waals surface area contributed by atoms with E-state index < -0.39 is 23.4 Å². The second-order valence-corrected chi connectivity index (χ2v) is 5.16. The first-order valence-corrected chi connectivity index (χ1v) is 7.40. The maximum absolute atomic E-state index is 13.2. The zero-order chi connectivity index (χ0) is 18.5. The number of carbonyl (C=O) groups excluding carboxylic acids is 2. The van der Waals surface area contributed by atoms with Crippen LogP contribution in [0.5, 0.6) is 0 Å². The van der Waals surface area contributed by atoms with Crippen LogP contribution in [0.15, 0.2) is 48.5 Å². The Balaban J connectivity index is 1.55. The molecule has 2 N–H and O–H groups in total. The molecule has 8 nitrogen and oxygen atoms in total. The van der Waals surface area contributed by atoms with Gasteiger partial charge < -0.3 is 0 Å². The zero-order valence-electron chi connectivity index (χ0n) is 13.2. The first-order chi connectivity index (χ1) is 12.5. The van der Waals surface area contributed by atoms with Crippen molar-refractivity contribution in [2.24, 2.45) is 0 Å². The van der Waals surface area contributed by atoms with Gasteiger partial charge in [0.1, 0.15) is 18.2 Å². The Bertz CT molecular complexity index is 942. The van der Waals surface area contributed by atoms with Crippen LogP contribution in [-0.4, -0.2) is 32.0 Å². The summed E-state index contributed by atoms with van der Waals surface area (Å²) in [6.07, 6.45) is 0. The Morgan fingerprint density at radius 1 is 1.00 bits per heavy atom. The maximum atomic E-state index is 13.2. The molecule has 0 spiro atoms. The molecular formula is C16H12F2N6O2. The summed E-state index contributed by atoms with van der Waals surface area (Å²) in [5.41, 5.74) is 4.96. The molecule has 3 aromatic rings. The number of carbonyl (C=O) groups is 2. The Labute approximate surface area is 145 Å². The summed E-state index contributed by atoms with van der Waals surface area (Å²) in [6.45, 7) is -0.313. The van der Waals surface area contributed by atoms with Gasteiger partial charge in [0.05, 0.1) is 0 Å². The van der Waals surface area contributed by atoms with Gasteiger partial charge in [-0.1, -0.05) is 12.1 Å². The van der Waals surface area contributed by atoms with Crippen LogP contribution in [-0.2, 0) is 11.3 Å². The molecule has 1 aromatic heterocycles. The van der Waals surface area contributed by atoms with Crippen molar-refractivity contribution in [2.45, 2.75) is 6.54 Å². The molecule has 0 aliphatic rings. The Hall–Kier alpha value is -3.69. The maximum Gasteiger partial charge on any atom is 0.269 e. The van der Waals surface area contributed by atoms with Crippen molar-refractivity contribution in [3.63, 3.8) is 0 Å². The van der Waals surface area contributed by atoms with E-state index in [2.05, 4.69) is 26.3 Å². The van der Waals surface area contributed by atoms with Crippen molar-refractivity contribution in [3.8, 4) is 11.4 Å². The van der Waals surface area contributed by atoms with E-state index in [0.29, 0.717) is 5.56 Å². The summed E-state index contributed by atoms with van der Waals surface area (Å²) >= 11 is 0. The summed E-state index contributed by atoms with van der Waals surface area (Å²) in [5.74, 6) is -1.97. The van der Waals surface area contributed by atoms with E-state index in [1.54, 1.807) is 6.07 Å². The van der Waals surface area contributed by atoms with Crippen molar-refractivity contribution in [3.05, 3.63) is 65.7 Å². The van der Waals surface area contributed by atoms with Crippen LogP contribution in [0.3, 0.4) is 0 Å². The molecule has 0 aliphatic heterocycles. The third-order valence-corrected chi connectivity index (χ3v) is 3.24. The predicted octanol–water partition coefficient (Wildman–Crippen LogP) is 1.08. The van der Waals surface area contributed by atoms with Crippen molar-refractivity contribution in [1.29, 1.82) is 0 Å². The van der Waals surface area contributed by atoms with E-state index in [1.165, 1.54) is 30.3 Å². The number of rotatable bonds is 4. The zero-order valence-corrected chi connectivity index (χ0v) is 13.2. The molecular weight excluding hydrogens is 346 g/mol. The second-order valence-electron chi connectivity index (χ2n) is 5.16. The van der Waals surface area contributed by atoms with E-state index in [1.807, 2.05) is 0 Å². The number of amides is 2. The fourth-order valence-corrected chi connectivity index (χ4v) is 2.02. The van der Waals surface area contributed by atoms with Crippen molar-refractivity contribution in [2.75, 3.05) is 0 Å². The van der Waals surface area contributed by atoms with Gasteiger partial charge in [-0.25, -0.2) is 8.78 Å². The molecule has 2 amide bonds. The van der Waals surface area contributed by atoms with E-state index >= 15 is 0 Å². The number of aromatic nitrogens is 4. The molecule has 0 aliphatic carbocycles. The van der Waals surface area contributed by atoms with Crippen LogP contribution >= 0.6 is 0 Å². The lowest BCUT2D eigenvalue weighted by atomic mass is 10.2. The van der Waals surface area contributed by atoms with Gasteiger partial charge in [0.25, 0.3) is 11.8 Å². The number of nitrogens with one attached hydrogen (secondary N) is 2. The van der Waals surface area contributed by atoms with Gasteiger partial charge in [-0.2, -0.15) is 4.80 Å². The standard InChI is InChI=1S/C16H12F2N6O2/c17-12-6-4-10(5-7-12)16(26)21-19-14(25)9-24-22-15(20-23-24)11-2-1-3-13(18)8-11/h1-8H,9H2,(H,19,25)(H,21,26). The second kappa shape index (κ2) is 7.47. The topological polar surface area (TPSA) is 102 Å². The van der Waals surface area contributed by atoms with Gasteiger partial charge in [-0.05, 0) is 41.6 Å². The fourth-order valence-electron chi connectivity index (χ4n) is 2.02. The van der Waals surface area contributed by atoms with Crippen LogP contribution < -0.4 is 10.9 Å². The highest BCUT2D eigenvalue weighted by Crippen LogP contribution is 2.14. The molecule has 0 bridgehead atoms.